The molecule has 1 heterocycles. The molecule has 130 valence electrons. The minimum absolute atomic E-state index is 0.115. The van der Waals surface area contributed by atoms with Crippen LogP contribution in [-0.4, -0.2) is 35.5 Å². The second kappa shape index (κ2) is 8.38. The maximum Gasteiger partial charge on any atom is 0.191 e. The molecular formula is C17H30N4S2. The Labute approximate surface area is 149 Å². The predicted molar refractivity (Wildman–Crippen MR) is 104 cm³/mol. The van der Waals surface area contributed by atoms with Gasteiger partial charge in [-0.05, 0) is 25.5 Å². The number of rotatable bonds is 4. The van der Waals surface area contributed by atoms with Crippen molar-refractivity contribution in [2.75, 3.05) is 13.3 Å². The molecular weight excluding hydrogens is 324 g/mol. The third kappa shape index (κ3) is 5.68. The van der Waals surface area contributed by atoms with E-state index in [0.29, 0.717) is 6.04 Å². The first-order chi connectivity index (χ1) is 10.9. The molecule has 1 aliphatic rings. The highest BCUT2D eigenvalue weighted by Crippen LogP contribution is 2.27. The van der Waals surface area contributed by atoms with Crippen molar-refractivity contribution in [3.05, 3.63) is 16.1 Å². The minimum atomic E-state index is 0.115. The first kappa shape index (κ1) is 18.6. The van der Waals surface area contributed by atoms with Gasteiger partial charge in [-0.3, -0.25) is 4.99 Å². The predicted octanol–water partition coefficient (Wildman–Crippen LogP) is 3.78. The number of hydrogen-bond donors (Lipinski definition) is 2. The minimum Gasteiger partial charge on any atom is -0.354 e. The lowest BCUT2D eigenvalue weighted by Crippen LogP contribution is -2.45. The van der Waals surface area contributed by atoms with Gasteiger partial charge < -0.3 is 10.6 Å². The highest BCUT2D eigenvalue weighted by molar-refractivity contribution is 7.99. The van der Waals surface area contributed by atoms with Crippen molar-refractivity contribution in [1.29, 1.82) is 0 Å². The Morgan fingerprint density at radius 1 is 1.43 bits per heavy atom. The van der Waals surface area contributed by atoms with Crippen LogP contribution in [0.2, 0.25) is 0 Å². The van der Waals surface area contributed by atoms with Gasteiger partial charge in [0.2, 0.25) is 0 Å². The molecule has 2 atom stereocenters. The lowest BCUT2D eigenvalue weighted by molar-refractivity contribution is 0.419. The average Bonchev–Trinajstić information content (AvgIpc) is 3.00. The van der Waals surface area contributed by atoms with Gasteiger partial charge in [0, 0.05) is 29.1 Å². The van der Waals surface area contributed by atoms with E-state index in [1.54, 1.807) is 11.3 Å². The van der Waals surface area contributed by atoms with E-state index in [2.05, 4.69) is 48.0 Å². The Balaban J connectivity index is 1.84. The Kier molecular flexibility index (Phi) is 6.77. The van der Waals surface area contributed by atoms with Gasteiger partial charge >= 0.3 is 0 Å². The fraction of sp³-hybridized carbons (Fsp3) is 0.765. The Hall–Kier alpha value is -0.750. The van der Waals surface area contributed by atoms with Crippen LogP contribution >= 0.6 is 23.1 Å². The molecule has 0 amide bonds. The second-order valence-corrected chi connectivity index (χ2v) is 9.25. The molecule has 1 aromatic heterocycles. The van der Waals surface area contributed by atoms with Gasteiger partial charge in [0.1, 0.15) is 5.01 Å². The topological polar surface area (TPSA) is 49.3 Å². The van der Waals surface area contributed by atoms with Crippen LogP contribution in [0.15, 0.2) is 10.4 Å². The van der Waals surface area contributed by atoms with Gasteiger partial charge in [-0.1, -0.05) is 27.2 Å². The average molecular weight is 355 g/mol. The summed E-state index contributed by atoms with van der Waals surface area (Å²) >= 11 is 3.71. The molecule has 23 heavy (non-hydrogen) atoms. The van der Waals surface area contributed by atoms with Crippen LogP contribution in [0.3, 0.4) is 0 Å². The van der Waals surface area contributed by atoms with Crippen molar-refractivity contribution in [3.8, 4) is 0 Å². The summed E-state index contributed by atoms with van der Waals surface area (Å²) in [6.07, 6.45) is 7.34. The zero-order valence-corrected chi connectivity index (χ0v) is 16.6. The summed E-state index contributed by atoms with van der Waals surface area (Å²) in [7, 11) is 1.84. The van der Waals surface area contributed by atoms with Crippen molar-refractivity contribution in [2.45, 2.75) is 69.7 Å². The van der Waals surface area contributed by atoms with Crippen LogP contribution in [-0.2, 0) is 12.0 Å². The van der Waals surface area contributed by atoms with E-state index in [0.717, 1.165) is 28.5 Å². The van der Waals surface area contributed by atoms with Crippen LogP contribution in [0, 0.1) is 0 Å². The summed E-state index contributed by atoms with van der Waals surface area (Å²) in [4.78, 5) is 9.10. The third-order valence-electron chi connectivity index (χ3n) is 4.25. The van der Waals surface area contributed by atoms with E-state index in [-0.39, 0.29) is 5.41 Å². The highest BCUT2D eigenvalue weighted by atomic mass is 32.2. The fourth-order valence-electron chi connectivity index (χ4n) is 2.77. The Bertz CT molecular complexity index is 519. The van der Waals surface area contributed by atoms with Crippen molar-refractivity contribution < 1.29 is 0 Å². The van der Waals surface area contributed by atoms with Gasteiger partial charge in [-0.2, -0.15) is 11.8 Å². The molecule has 2 unspecified atom stereocenters. The van der Waals surface area contributed by atoms with Gasteiger partial charge in [0.25, 0.3) is 0 Å². The van der Waals surface area contributed by atoms with E-state index in [1.165, 1.54) is 25.7 Å². The van der Waals surface area contributed by atoms with E-state index >= 15 is 0 Å². The van der Waals surface area contributed by atoms with Crippen LogP contribution in [0.1, 0.15) is 57.2 Å². The van der Waals surface area contributed by atoms with Crippen molar-refractivity contribution in [2.24, 2.45) is 4.99 Å². The largest absolute Gasteiger partial charge is 0.354 e. The first-order valence-corrected chi connectivity index (χ1v) is 10.5. The molecule has 2 N–H and O–H groups in total. The molecule has 1 aromatic rings. The van der Waals surface area contributed by atoms with E-state index in [9.17, 15) is 0 Å². The summed E-state index contributed by atoms with van der Waals surface area (Å²) in [5, 5.41) is 11.1. The standard InChI is InChI=1S/C17H30N4S2/c1-17(2,3)14-11-23-15(21-14)10-19-16(18-4)20-12-7-6-8-13(9-12)22-5/h11-13H,6-10H2,1-5H3,(H2,18,19,20). The number of aromatic nitrogens is 1. The molecule has 2 rings (SSSR count). The van der Waals surface area contributed by atoms with E-state index < -0.39 is 0 Å². The van der Waals surface area contributed by atoms with Crippen LogP contribution in [0.4, 0.5) is 0 Å². The molecule has 0 aromatic carbocycles. The molecule has 1 aliphatic carbocycles. The number of thioether (sulfide) groups is 1. The molecule has 4 nitrogen and oxygen atoms in total. The SMILES string of the molecule is CN=C(NCc1nc(C(C)(C)C)cs1)NC1CCCC(SC)C1. The smallest absolute Gasteiger partial charge is 0.191 e. The second-order valence-electron chi connectivity index (χ2n) is 7.17. The van der Waals surface area contributed by atoms with Gasteiger partial charge in [-0.15, -0.1) is 11.3 Å². The molecule has 0 aliphatic heterocycles. The van der Waals surface area contributed by atoms with Crippen molar-refractivity contribution in [1.82, 2.24) is 15.6 Å². The van der Waals surface area contributed by atoms with Crippen molar-refractivity contribution in [3.63, 3.8) is 0 Å². The summed E-state index contributed by atoms with van der Waals surface area (Å²) in [6, 6.07) is 0.536. The van der Waals surface area contributed by atoms with E-state index in [1.807, 2.05) is 18.8 Å². The molecule has 6 heteroatoms. The first-order valence-electron chi connectivity index (χ1n) is 8.37. The lowest BCUT2D eigenvalue weighted by atomic mass is 9.93. The number of nitrogens with zero attached hydrogens (tertiary/aromatic N) is 2. The van der Waals surface area contributed by atoms with Crippen molar-refractivity contribution >= 4 is 29.1 Å². The quantitative estimate of drug-likeness (QED) is 0.638. The van der Waals surface area contributed by atoms with Gasteiger partial charge in [0.15, 0.2) is 5.96 Å². The zero-order valence-electron chi connectivity index (χ0n) is 15.0. The summed E-state index contributed by atoms with van der Waals surface area (Å²) in [5.74, 6) is 0.893. The fourth-order valence-corrected chi connectivity index (χ4v) is 4.56. The van der Waals surface area contributed by atoms with Crippen LogP contribution < -0.4 is 10.6 Å². The molecule has 0 bridgehead atoms. The number of thiazole rings is 1. The van der Waals surface area contributed by atoms with Gasteiger partial charge in [0.05, 0.1) is 12.2 Å². The molecule has 1 fully saturated rings. The maximum absolute atomic E-state index is 4.73. The van der Waals surface area contributed by atoms with Crippen LogP contribution in [0.5, 0.6) is 0 Å². The number of nitrogens with one attached hydrogen (secondary N) is 2. The summed E-state index contributed by atoms with van der Waals surface area (Å²) in [5.41, 5.74) is 1.28. The molecule has 0 radical (unpaired) electrons. The Morgan fingerprint density at radius 2 is 2.22 bits per heavy atom. The normalized spacial score (nSPS) is 22.9. The molecule has 1 saturated carbocycles. The Morgan fingerprint density at radius 3 is 2.83 bits per heavy atom. The number of hydrogen-bond acceptors (Lipinski definition) is 4. The summed E-state index contributed by atoms with van der Waals surface area (Å²) in [6.45, 7) is 7.33. The number of guanidine groups is 1. The lowest BCUT2D eigenvalue weighted by Gasteiger charge is -2.29. The maximum atomic E-state index is 4.73. The van der Waals surface area contributed by atoms with Gasteiger partial charge in [-0.25, -0.2) is 4.98 Å². The highest BCUT2D eigenvalue weighted by Gasteiger charge is 2.22. The number of aliphatic imine (C=N–C) groups is 1. The monoisotopic (exact) mass is 354 g/mol. The van der Waals surface area contributed by atoms with Crippen LogP contribution in [0.25, 0.3) is 0 Å². The van der Waals surface area contributed by atoms with E-state index in [4.69, 9.17) is 4.98 Å². The summed E-state index contributed by atoms with van der Waals surface area (Å²) < 4.78 is 0. The molecule has 0 saturated heterocycles. The zero-order chi connectivity index (χ0) is 16.9. The third-order valence-corrected chi connectivity index (χ3v) is 6.19. The molecule has 0 spiro atoms.